The molecule has 1 saturated heterocycles. The molecule has 0 aromatic carbocycles. The summed E-state index contributed by atoms with van der Waals surface area (Å²) in [5, 5.41) is 12.9. The highest BCUT2D eigenvalue weighted by Gasteiger charge is 2.19. The number of nitrogens with one attached hydrogen (secondary N) is 2. The van der Waals surface area contributed by atoms with Crippen molar-refractivity contribution in [1.82, 2.24) is 15.5 Å². The minimum absolute atomic E-state index is 0.151. The summed E-state index contributed by atoms with van der Waals surface area (Å²) in [6.45, 7) is 0.840. The van der Waals surface area contributed by atoms with Gasteiger partial charge in [-0.2, -0.15) is 0 Å². The van der Waals surface area contributed by atoms with Crippen molar-refractivity contribution in [3.05, 3.63) is 12.2 Å². The van der Waals surface area contributed by atoms with Crippen LogP contribution in [0.3, 0.4) is 0 Å². The maximum absolute atomic E-state index is 11.6. The van der Waals surface area contributed by atoms with Crippen LogP contribution in [0.4, 0.5) is 4.79 Å². The van der Waals surface area contributed by atoms with Gasteiger partial charge in [-0.25, -0.2) is 9.59 Å². The van der Waals surface area contributed by atoms with Crippen molar-refractivity contribution in [3.8, 4) is 0 Å². The molecular weight excluding hydrogens is 242 g/mol. The molecule has 3 N–H and O–H groups in total. The Bertz CT molecular complexity index is 404. The van der Waals surface area contributed by atoms with Gasteiger partial charge < -0.3 is 15.3 Å². The number of imide groups is 1. The van der Waals surface area contributed by atoms with Crippen LogP contribution in [0.25, 0.3) is 0 Å². The zero-order chi connectivity index (χ0) is 13.5. The van der Waals surface area contributed by atoms with E-state index in [4.69, 9.17) is 5.11 Å². The molecule has 0 aromatic heterocycles. The van der Waals surface area contributed by atoms with Crippen LogP contribution < -0.4 is 10.6 Å². The van der Waals surface area contributed by atoms with Crippen LogP contribution in [-0.4, -0.2) is 53.5 Å². The summed E-state index contributed by atoms with van der Waals surface area (Å²) in [6.07, 6.45) is 1.56. The Kier molecular flexibility index (Phi) is 4.85. The van der Waals surface area contributed by atoms with Gasteiger partial charge >= 0.3 is 12.0 Å². The first-order valence-corrected chi connectivity index (χ1v) is 5.26. The average Bonchev–Trinajstić information content (AvgIpc) is 2.51. The molecule has 4 amide bonds. The maximum Gasteiger partial charge on any atom is 0.328 e. The largest absolute Gasteiger partial charge is 0.478 e. The average molecular weight is 255 g/mol. The zero-order valence-corrected chi connectivity index (χ0v) is 9.51. The number of carbonyl (C=O) groups is 4. The first-order valence-electron chi connectivity index (χ1n) is 5.26. The van der Waals surface area contributed by atoms with Crippen molar-refractivity contribution in [2.75, 3.05) is 19.6 Å². The Morgan fingerprint density at radius 2 is 2.00 bits per heavy atom. The Morgan fingerprint density at radius 3 is 2.67 bits per heavy atom. The van der Waals surface area contributed by atoms with Crippen molar-refractivity contribution >= 4 is 23.8 Å². The maximum atomic E-state index is 11.6. The van der Waals surface area contributed by atoms with Gasteiger partial charge in [0.2, 0.25) is 5.91 Å². The van der Waals surface area contributed by atoms with Crippen LogP contribution >= 0.6 is 0 Å². The Hall–Kier alpha value is -2.38. The fourth-order valence-electron chi connectivity index (χ4n) is 1.34. The highest BCUT2D eigenvalue weighted by atomic mass is 16.4. The Labute approximate surface area is 103 Å². The fourth-order valence-corrected chi connectivity index (χ4v) is 1.34. The lowest BCUT2D eigenvalue weighted by Crippen LogP contribution is -2.43. The fraction of sp³-hybridized carbons (Fsp3) is 0.400. The second kappa shape index (κ2) is 6.38. The lowest BCUT2D eigenvalue weighted by molar-refractivity contribution is -0.131. The molecule has 8 heteroatoms. The molecule has 1 aliphatic rings. The molecule has 1 heterocycles. The van der Waals surface area contributed by atoms with E-state index in [2.05, 4.69) is 5.32 Å². The van der Waals surface area contributed by atoms with E-state index >= 15 is 0 Å². The number of nitrogens with zero attached hydrogens (tertiary/aromatic N) is 1. The number of aliphatic carboxylic acids is 1. The van der Waals surface area contributed by atoms with E-state index in [0.29, 0.717) is 19.2 Å². The normalized spacial score (nSPS) is 16.0. The zero-order valence-electron chi connectivity index (χ0n) is 9.51. The molecule has 0 atom stereocenters. The molecule has 0 unspecified atom stereocenters. The van der Waals surface area contributed by atoms with Gasteiger partial charge in [-0.15, -0.1) is 0 Å². The van der Waals surface area contributed by atoms with E-state index < -0.39 is 17.9 Å². The summed E-state index contributed by atoms with van der Waals surface area (Å²) < 4.78 is 0. The van der Waals surface area contributed by atoms with Crippen LogP contribution in [0.5, 0.6) is 0 Å². The molecule has 0 spiro atoms. The molecule has 0 bridgehead atoms. The molecule has 0 aliphatic carbocycles. The van der Waals surface area contributed by atoms with Crippen LogP contribution in [0, 0.1) is 0 Å². The number of hydrogen-bond acceptors (Lipinski definition) is 4. The number of amides is 4. The van der Waals surface area contributed by atoms with Crippen molar-refractivity contribution in [2.24, 2.45) is 0 Å². The van der Waals surface area contributed by atoms with E-state index in [0.717, 1.165) is 6.08 Å². The lowest BCUT2D eigenvalue weighted by Gasteiger charge is -2.18. The number of carboxylic acids is 1. The molecule has 1 aliphatic heterocycles. The number of urea groups is 1. The number of hydrogen-bond donors (Lipinski definition) is 3. The van der Waals surface area contributed by atoms with E-state index in [9.17, 15) is 19.2 Å². The van der Waals surface area contributed by atoms with E-state index in [1.54, 1.807) is 0 Å². The smallest absolute Gasteiger partial charge is 0.328 e. The van der Waals surface area contributed by atoms with Gasteiger partial charge in [0.1, 0.15) is 0 Å². The third-order valence-electron chi connectivity index (χ3n) is 2.21. The monoisotopic (exact) mass is 255 g/mol. The molecule has 18 heavy (non-hydrogen) atoms. The third-order valence-corrected chi connectivity index (χ3v) is 2.21. The predicted octanol–water partition coefficient (Wildman–Crippen LogP) is -1.31. The summed E-state index contributed by atoms with van der Waals surface area (Å²) in [6, 6.07) is -0.647. The van der Waals surface area contributed by atoms with Gasteiger partial charge in [0.25, 0.3) is 5.91 Å². The number of carbonyl (C=O) groups excluding carboxylic acids is 3. The van der Waals surface area contributed by atoms with E-state index in [1.807, 2.05) is 5.32 Å². The van der Waals surface area contributed by atoms with Gasteiger partial charge in [-0.3, -0.25) is 14.9 Å². The van der Waals surface area contributed by atoms with Gasteiger partial charge in [0.15, 0.2) is 0 Å². The Morgan fingerprint density at radius 1 is 1.28 bits per heavy atom. The molecule has 98 valence electrons. The first kappa shape index (κ1) is 13.7. The lowest BCUT2D eigenvalue weighted by atomic mass is 10.4. The van der Waals surface area contributed by atoms with Gasteiger partial charge in [0.05, 0.1) is 0 Å². The van der Waals surface area contributed by atoms with Crippen LogP contribution in [0.15, 0.2) is 12.2 Å². The quantitative estimate of drug-likeness (QED) is 0.529. The van der Waals surface area contributed by atoms with Crippen LogP contribution in [0.1, 0.15) is 6.42 Å². The van der Waals surface area contributed by atoms with Crippen molar-refractivity contribution in [1.29, 1.82) is 0 Å². The van der Waals surface area contributed by atoms with Crippen molar-refractivity contribution in [2.45, 2.75) is 6.42 Å². The third kappa shape index (κ3) is 4.64. The SMILES string of the molecule is O=C(O)C=CC(=O)NC(=O)N1CCNC(=O)CC1. The van der Waals surface area contributed by atoms with Gasteiger partial charge in [-0.1, -0.05) is 0 Å². The highest BCUT2D eigenvalue weighted by Crippen LogP contribution is 1.96. The molecule has 0 aromatic rings. The van der Waals surface area contributed by atoms with Crippen LogP contribution in [0.2, 0.25) is 0 Å². The highest BCUT2D eigenvalue weighted by molar-refractivity contribution is 6.02. The molecule has 1 fully saturated rings. The summed E-state index contributed by atoms with van der Waals surface area (Å²) in [4.78, 5) is 45.3. The van der Waals surface area contributed by atoms with Crippen molar-refractivity contribution in [3.63, 3.8) is 0 Å². The second-order valence-electron chi connectivity index (χ2n) is 3.55. The van der Waals surface area contributed by atoms with E-state index in [1.165, 1.54) is 4.90 Å². The molecule has 1 rings (SSSR count). The summed E-state index contributed by atoms with van der Waals surface area (Å²) in [5.74, 6) is -2.24. The standard InChI is InChI=1S/C10H13N3O5/c14-7-3-5-13(6-4-11-7)10(18)12-8(15)1-2-9(16)17/h1-2H,3-6H2,(H,11,14)(H,16,17)(H,12,15,18). The molecular formula is C10H13N3O5. The minimum Gasteiger partial charge on any atom is -0.478 e. The van der Waals surface area contributed by atoms with Gasteiger partial charge in [-0.05, 0) is 0 Å². The molecule has 8 nitrogen and oxygen atoms in total. The summed E-state index contributed by atoms with van der Waals surface area (Å²) in [5.41, 5.74) is 0. The number of carboxylic acid groups (broad SMARTS) is 1. The summed E-state index contributed by atoms with van der Waals surface area (Å²) >= 11 is 0. The van der Waals surface area contributed by atoms with Crippen LogP contribution in [-0.2, 0) is 14.4 Å². The van der Waals surface area contributed by atoms with Crippen molar-refractivity contribution < 1.29 is 24.3 Å². The summed E-state index contributed by atoms with van der Waals surface area (Å²) in [7, 11) is 0. The topological polar surface area (TPSA) is 116 Å². The molecule has 0 radical (unpaired) electrons. The van der Waals surface area contributed by atoms with E-state index in [-0.39, 0.29) is 18.9 Å². The predicted molar refractivity (Wildman–Crippen MR) is 59.5 cm³/mol. The number of rotatable bonds is 2. The Balaban J connectivity index is 2.47. The molecule has 0 saturated carbocycles. The first-order chi connectivity index (χ1) is 8.49. The minimum atomic E-state index is -1.28. The second-order valence-corrected chi connectivity index (χ2v) is 3.55. The van der Waals surface area contributed by atoms with Gasteiger partial charge in [0, 0.05) is 38.2 Å².